The Kier molecular flexibility index (Phi) is 3.86. The molecule has 11 heteroatoms. The second-order valence-electron chi connectivity index (χ2n) is 4.10. The van der Waals surface area contributed by atoms with E-state index in [0.29, 0.717) is 4.57 Å². The number of rotatable bonds is 3. The van der Waals surface area contributed by atoms with Crippen LogP contribution in [-0.4, -0.2) is 44.6 Å². The molecular weight excluding hydrogens is 275 g/mol. The molecular formula is C9H11FN6O4. The van der Waals surface area contributed by atoms with Gasteiger partial charge in [-0.25, -0.2) is 9.18 Å². The Bertz CT molecular complexity index is 615. The molecule has 0 amide bonds. The number of aliphatic hydroxyl groups excluding tert-OH is 2. The zero-order chi connectivity index (χ0) is 14.9. The summed E-state index contributed by atoms with van der Waals surface area (Å²) in [6.07, 6.45) is -3.06. The molecule has 4 N–H and O–H groups in total. The molecule has 0 aliphatic carbocycles. The van der Waals surface area contributed by atoms with Gasteiger partial charge >= 0.3 is 5.69 Å². The van der Waals surface area contributed by atoms with Gasteiger partial charge in [-0.05, 0) is 5.53 Å². The van der Waals surface area contributed by atoms with Crippen molar-refractivity contribution in [2.45, 2.75) is 24.5 Å². The summed E-state index contributed by atoms with van der Waals surface area (Å²) in [6.45, 7) is -0.545. The summed E-state index contributed by atoms with van der Waals surface area (Å²) in [6, 6.07) is -1.11. The van der Waals surface area contributed by atoms with Crippen LogP contribution in [0.15, 0.2) is 16.1 Å². The number of hydrogen-bond acceptors (Lipinski definition) is 7. The quantitative estimate of drug-likeness (QED) is 0.363. The van der Waals surface area contributed by atoms with Gasteiger partial charge in [-0.1, -0.05) is 5.11 Å². The van der Waals surface area contributed by atoms with Crippen molar-refractivity contribution < 1.29 is 19.3 Å². The minimum atomic E-state index is -1.44. The highest BCUT2D eigenvalue weighted by atomic mass is 19.1. The Balaban J connectivity index is 2.41. The predicted molar refractivity (Wildman–Crippen MR) is 62.8 cm³/mol. The second kappa shape index (κ2) is 5.43. The molecule has 1 saturated heterocycles. The number of nitrogens with zero attached hydrogens (tertiary/aromatic N) is 5. The number of nitrogens with two attached hydrogens (primary N) is 1. The van der Waals surface area contributed by atoms with Crippen LogP contribution in [0.5, 0.6) is 0 Å². The normalized spacial score (nSPS) is 29.1. The standard InChI is InChI=1S/C9H11FN6O4/c10-3-1-16(9(19)13-7(3)11)8-6(18)5(14-15-12)4(2-17)20-8/h1,4-6,8,17-18H,2H2,(H2,11,13,19). The van der Waals surface area contributed by atoms with Gasteiger partial charge in [0.2, 0.25) is 0 Å². The highest BCUT2D eigenvalue weighted by Crippen LogP contribution is 2.30. The van der Waals surface area contributed by atoms with Crippen LogP contribution >= 0.6 is 0 Å². The molecule has 0 spiro atoms. The van der Waals surface area contributed by atoms with Crippen molar-refractivity contribution in [3.8, 4) is 0 Å². The molecule has 4 atom stereocenters. The summed E-state index contributed by atoms with van der Waals surface area (Å²) in [7, 11) is 0. The van der Waals surface area contributed by atoms with Gasteiger partial charge in [0.05, 0.1) is 24.9 Å². The molecule has 2 heterocycles. The van der Waals surface area contributed by atoms with E-state index in [9.17, 15) is 14.3 Å². The van der Waals surface area contributed by atoms with Crippen molar-refractivity contribution >= 4 is 5.82 Å². The molecule has 0 aromatic carbocycles. The Morgan fingerprint density at radius 3 is 3.00 bits per heavy atom. The Morgan fingerprint density at radius 1 is 1.70 bits per heavy atom. The average molecular weight is 286 g/mol. The average Bonchev–Trinajstić information content (AvgIpc) is 2.72. The number of anilines is 1. The summed E-state index contributed by atoms with van der Waals surface area (Å²) >= 11 is 0. The molecule has 1 aromatic heterocycles. The zero-order valence-corrected chi connectivity index (χ0v) is 10.00. The van der Waals surface area contributed by atoms with E-state index in [4.69, 9.17) is 21.1 Å². The van der Waals surface area contributed by atoms with Crippen LogP contribution in [0.4, 0.5) is 10.2 Å². The first kappa shape index (κ1) is 14.2. The van der Waals surface area contributed by atoms with Crippen molar-refractivity contribution in [1.29, 1.82) is 0 Å². The Morgan fingerprint density at radius 2 is 2.40 bits per heavy atom. The highest BCUT2D eigenvalue weighted by Gasteiger charge is 2.44. The molecule has 1 aliphatic heterocycles. The van der Waals surface area contributed by atoms with Crippen molar-refractivity contribution in [2.75, 3.05) is 12.3 Å². The molecule has 1 aliphatic rings. The van der Waals surface area contributed by atoms with Crippen molar-refractivity contribution in [3.63, 3.8) is 0 Å². The third-order valence-electron chi connectivity index (χ3n) is 2.91. The van der Waals surface area contributed by atoms with E-state index in [1.54, 1.807) is 0 Å². The van der Waals surface area contributed by atoms with Gasteiger partial charge in [-0.15, -0.1) is 0 Å². The predicted octanol–water partition coefficient (Wildman–Crippen LogP) is -1.11. The first-order valence-electron chi connectivity index (χ1n) is 5.52. The third kappa shape index (κ3) is 2.30. The lowest BCUT2D eigenvalue weighted by molar-refractivity contribution is -0.0535. The summed E-state index contributed by atoms with van der Waals surface area (Å²) in [5, 5.41) is 22.4. The molecule has 1 fully saturated rings. The lowest BCUT2D eigenvalue weighted by Gasteiger charge is -2.17. The van der Waals surface area contributed by atoms with Crippen LogP contribution in [0.2, 0.25) is 0 Å². The number of nitrogen functional groups attached to an aromatic ring is 1. The first-order chi connectivity index (χ1) is 9.49. The van der Waals surface area contributed by atoms with Crippen molar-refractivity contribution in [2.24, 2.45) is 5.11 Å². The van der Waals surface area contributed by atoms with E-state index in [0.717, 1.165) is 6.20 Å². The van der Waals surface area contributed by atoms with Gasteiger partial charge < -0.3 is 20.7 Å². The number of azide groups is 1. The molecule has 2 rings (SSSR count). The maximum absolute atomic E-state index is 13.3. The summed E-state index contributed by atoms with van der Waals surface area (Å²) in [4.78, 5) is 17.4. The van der Waals surface area contributed by atoms with Gasteiger partial charge in [-0.2, -0.15) is 4.98 Å². The molecule has 0 radical (unpaired) electrons. The third-order valence-corrected chi connectivity index (χ3v) is 2.91. The smallest absolute Gasteiger partial charge is 0.351 e. The van der Waals surface area contributed by atoms with Gasteiger partial charge in [0, 0.05) is 4.91 Å². The maximum atomic E-state index is 13.3. The number of ether oxygens (including phenoxy) is 1. The number of aromatic nitrogens is 2. The lowest BCUT2D eigenvalue weighted by atomic mass is 10.1. The van der Waals surface area contributed by atoms with Crippen LogP contribution in [0.3, 0.4) is 0 Å². The largest absolute Gasteiger partial charge is 0.394 e. The fraction of sp³-hybridized carbons (Fsp3) is 0.556. The SMILES string of the molecule is [N-]=[N+]=NC1C(CO)OC(n2cc(F)c(N)nc2=O)C1O. The number of aliphatic hydroxyl groups is 2. The molecule has 0 bridgehead atoms. The summed E-state index contributed by atoms with van der Waals surface area (Å²) in [5.74, 6) is -1.54. The van der Waals surface area contributed by atoms with Crippen LogP contribution in [0, 0.1) is 5.82 Å². The highest BCUT2D eigenvalue weighted by molar-refractivity contribution is 5.26. The monoisotopic (exact) mass is 286 g/mol. The molecule has 20 heavy (non-hydrogen) atoms. The van der Waals surface area contributed by atoms with Gasteiger partial charge in [0.1, 0.15) is 6.10 Å². The maximum Gasteiger partial charge on any atom is 0.351 e. The Labute approximate surface area is 110 Å². The van der Waals surface area contributed by atoms with E-state index < -0.39 is 48.4 Å². The first-order valence-corrected chi connectivity index (χ1v) is 5.52. The van der Waals surface area contributed by atoms with E-state index in [1.807, 2.05) is 0 Å². The molecule has 108 valence electrons. The summed E-state index contributed by atoms with van der Waals surface area (Å²) in [5.41, 5.74) is 12.6. The molecule has 1 aromatic rings. The molecule has 4 unspecified atom stereocenters. The van der Waals surface area contributed by atoms with Gasteiger partial charge in [-0.3, -0.25) is 4.57 Å². The van der Waals surface area contributed by atoms with Crippen molar-refractivity contribution in [1.82, 2.24) is 9.55 Å². The van der Waals surface area contributed by atoms with E-state index in [1.165, 1.54) is 0 Å². The van der Waals surface area contributed by atoms with E-state index in [2.05, 4.69) is 15.0 Å². The van der Waals surface area contributed by atoms with E-state index >= 15 is 0 Å². The van der Waals surface area contributed by atoms with Gasteiger partial charge in [0.15, 0.2) is 17.9 Å². The Hall–Kier alpha value is -2.20. The number of hydrogen-bond donors (Lipinski definition) is 3. The zero-order valence-electron chi connectivity index (χ0n) is 10.00. The topological polar surface area (TPSA) is 159 Å². The summed E-state index contributed by atoms with van der Waals surface area (Å²) < 4.78 is 19.2. The van der Waals surface area contributed by atoms with Crippen LogP contribution in [0.1, 0.15) is 6.23 Å². The van der Waals surface area contributed by atoms with Gasteiger partial charge in [0.25, 0.3) is 0 Å². The minimum absolute atomic E-state index is 0.545. The minimum Gasteiger partial charge on any atom is -0.394 e. The van der Waals surface area contributed by atoms with Crippen LogP contribution in [0.25, 0.3) is 10.4 Å². The fourth-order valence-corrected chi connectivity index (χ4v) is 1.95. The number of halogens is 1. The van der Waals surface area contributed by atoms with Crippen LogP contribution in [-0.2, 0) is 4.74 Å². The second-order valence-corrected chi connectivity index (χ2v) is 4.10. The fourth-order valence-electron chi connectivity index (χ4n) is 1.95. The lowest BCUT2D eigenvalue weighted by Crippen LogP contribution is -2.35. The molecule has 10 nitrogen and oxygen atoms in total. The van der Waals surface area contributed by atoms with E-state index in [-0.39, 0.29) is 0 Å². The van der Waals surface area contributed by atoms with Crippen molar-refractivity contribution in [3.05, 3.63) is 32.9 Å². The molecule has 0 saturated carbocycles. The van der Waals surface area contributed by atoms with Crippen LogP contribution < -0.4 is 11.4 Å².